The van der Waals surface area contributed by atoms with Crippen molar-refractivity contribution in [3.63, 3.8) is 0 Å². The minimum atomic E-state index is -1.82. The topological polar surface area (TPSA) is 101 Å². The van der Waals surface area contributed by atoms with E-state index < -0.39 is 17.3 Å². The molecule has 0 fully saturated rings. The van der Waals surface area contributed by atoms with Crippen LogP contribution in [0.4, 0.5) is 0 Å². The maximum absolute atomic E-state index is 13.0. The van der Waals surface area contributed by atoms with E-state index in [0.29, 0.717) is 12.1 Å². The number of para-hydroxylation sites is 1. The third-order valence-corrected chi connectivity index (χ3v) is 4.83. The standard InChI is InChI=1S/C23H28N2O5/c1-5-6-9-12-23(28)20(17-13-15-10-7-8-11-16(15)24-17)19(18(14-26)29-23)21(27)25-30-22(2,3)4/h7-8,10-11,13,24,28H,5-6,9,12H2,1-4H3,(H,25,27). The van der Waals surface area contributed by atoms with Crippen molar-refractivity contribution in [1.82, 2.24) is 10.5 Å². The van der Waals surface area contributed by atoms with E-state index in [9.17, 15) is 14.7 Å². The van der Waals surface area contributed by atoms with Crippen molar-refractivity contribution in [2.75, 3.05) is 0 Å². The number of nitrogens with one attached hydrogen (secondary N) is 2. The van der Waals surface area contributed by atoms with Gasteiger partial charge in [-0.1, -0.05) is 38.0 Å². The molecule has 2 heterocycles. The fourth-order valence-electron chi connectivity index (χ4n) is 3.46. The van der Waals surface area contributed by atoms with E-state index in [4.69, 9.17) is 9.57 Å². The lowest BCUT2D eigenvalue weighted by molar-refractivity contribution is -0.141. The average Bonchev–Trinajstić information content (AvgIpc) is 3.24. The number of fused-ring (bicyclic) bond motifs is 1. The van der Waals surface area contributed by atoms with Gasteiger partial charge in [0.1, 0.15) is 5.57 Å². The van der Waals surface area contributed by atoms with Gasteiger partial charge in [-0.25, -0.2) is 10.3 Å². The monoisotopic (exact) mass is 412 g/mol. The summed E-state index contributed by atoms with van der Waals surface area (Å²) in [6.07, 6.45) is 2.72. The minimum Gasteiger partial charge on any atom is -0.446 e. The van der Waals surface area contributed by atoms with Crippen LogP contribution in [0, 0.1) is 0 Å². The van der Waals surface area contributed by atoms with Gasteiger partial charge in [0.2, 0.25) is 11.5 Å². The molecule has 1 unspecified atom stereocenters. The molecule has 160 valence electrons. The molecule has 0 radical (unpaired) electrons. The number of H-pyrrole nitrogens is 1. The van der Waals surface area contributed by atoms with Gasteiger partial charge in [-0.15, -0.1) is 0 Å². The summed E-state index contributed by atoms with van der Waals surface area (Å²) in [6.45, 7) is 7.39. The van der Waals surface area contributed by atoms with Crippen molar-refractivity contribution < 1.29 is 24.3 Å². The Morgan fingerprint density at radius 2 is 2.03 bits per heavy atom. The van der Waals surface area contributed by atoms with E-state index in [1.165, 1.54) is 0 Å². The predicted octanol–water partition coefficient (Wildman–Crippen LogP) is 3.78. The van der Waals surface area contributed by atoms with Gasteiger partial charge in [-0.3, -0.25) is 9.63 Å². The van der Waals surface area contributed by atoms with Crippen LogP contribution in [0.25, 0.3) is 16.5 Å². The Labute approximate surface area is 175 Å². The first kappa shape index (κ1) is 21.8. The maximum Gasteiger partial charge on any atom is 0.280 e. The molecule has 30 heavy (non-hydrogen) atoms. The fourth-order valence-corrected chi connectivity index (χ4v) is 3.46. The van der Waals surface area contributed by atoms with E-state index in [1.54, 1.807) is 26.7 Å². The highest BCUT2D eigenvalue weighted by Gasteiger charge is 2.48. The lowest BCUT2D eigenvalue weighted by Gasteiger charge is -2.25. The number of aromatic amines is 1. The number of hydroxylamine groups is 1. The summed E-state index contributed by atoms with van der Waals surface area (Å²) >= 11 is 0. The zero-order valence-corrected chi connectivity index (χ0v) is 17.8. The highest BCUT2D eigenvalue weighted by Crippen LogP contribution is 2.45. The van der Waals surface area contributed by atoms with Crippen LogP contribution >= 0.6 is 0 Å². The van der Waals surface area contributed by atoms with E-state index in [1.807, 2.05) is 37.3 Å². The number of ether oxygens (including phenoxy) is 1. The number of aromatic nitrogens is 1. The second-order valence-electron chi connectivity index (χ2n) is 8.44. The number of rotatable bonds is 7. The normalized spacial score (nSPS) is 19.2. The molecule has 3 N–H and O–H groups in total. The van der Waals surface area contributed by atoms with Crippen molar-refractivity contribution in [2.45, 2.75) is 64.8 Å². The summed E-state index contributed by atoms with van der Waals surface area (Å²) in [5.41, 5.74) is 3.19. The molecule has 1 aromatic carbocycles. The molecule has 2 aromatic rings. The number of benzene rings is 1. The van der Waals surface area contributed by atoms with Crippen molar-refractivity contribution in [3.05, 3.63) is 47.4 Å². The summed E-state index contributed by atoms with van der Waals surface area (Å²) in [7, 11) is 0. The Kier molecular flexibility index (Phi) is 6.17. The largest absolute Gasteiger partial charge is 0.446 e. The molecule has 3 rings (SSSR count). The second kappa shape index (κ2) is 8.48. The molecule has 0 aliphatic carbocycles. The van der Waals surface area contributed by atoms with Crippen LogP contribution in [0.3, 0.4) is 0 Å². The minimum absolute atomic E-state index is 0.0835. The first-order valence-corrected chi connectivity index (χ1v) is 10.2. The van der Waals surface area contributed by atoms with Gasteiger partial charge in [0.25, 0.3) is 5.91 Å². The van der Waals surface area contributed by atoms with E-state index in [2.05, 4.69) is 10.5 Å². The smallest absolute Gasteiger partial charge is 0.280 e. The van der Waals surface area contributed by atoms with Gasteiger partial charge in [-0.05, 0) is 44.7 Å². The first-order chi connectivity index (χ1) is 14.2. The van der Waals surface area contributed by atoms with Gasteiger partial charge >= 0.3 is 0 Å². The molecule has 1 aliphatic heterocycles. The Hall–Kier alpha value is -2.86. The Balaban J connectivity index is 2.13. The summed E-state index contributed by atoms with van der Waals surface area (Å²) in [4.78, 5) is 33.2. The van der Waals surface area contributed by atoms with Crippen LogP contribution in [-0.2, 0) is 19.2 Å². The third kappa shape index (κ3) is 4.49. The maximum atomic E-state index is 13.0. The molecule has 7 nitrogen and oxygen atoms in total. The Morgan fingerprint density at radius 1 is 1.30 bits per heavy atom. The Morgan fingerprint density at radius 3 is 2.67 bits per heavy atom. The van der Waals surface area contributed by atoms with Crippen molar-refractivity contribution in [3.8, 4) is 0 Å². The van der Waals surface area contributed by atoms with E-state index in [0.717, 1.165) is 23.7 Å². The summed E-state index contributed by atoms with van der Waals surface area (Å²) in [5, 5.41) is 12.3. The zero-order valence-electron chi connectivity index (χ0n) is 17.8. The van der Waals surface area contributed by atoms with Crippen molar-refractivity contribution >= 4 is 28.3 Å². The van der Waals surface area contributed by atoms with Crippen LogP contribution in [0.5, 0.6) is 0 Å². The lowest BCUT2D eigenvalue weighted by Crippen LogP contribution is -2.35. The highest BCUT2D eigenvalue weighted by molar-refractivity contribution is 6.09. The number of hydrogen-bond donors (Lipinski definition) is 3. The summed E-state index contributed by atoms with van der Waals surface area (Å²) < 4.78 is 5.61. The molecule has 0 saturated carbocycles. The van der Waals surface area contributed by atoms with Gasteiger partial charge in [0.05, 0.1) is 11.2 Å². The highest BCUT2D eigenvalue weighted by atomic mass is 16.7. The van der Waals surface area contributed by atoms with Crippen LogP contribution in [0.1, 0.15) is 59.1 Å². The molecule has 0 saturated heterocycles. The number of carbonyl (C=O) groups is 1. The molecule has 0 bridgehead atoms. The number of unbranched alkanes of at least 4 members (excludes halogenated alkanes) is 2. The van der Waals surface area contributed by atoms with Crippen molar-refractivity contribution in [1.29, 1.82) is 0 Å². The average molecular weight is 412 g/mol. The van der Waals surface area contributed by atoms with Gasteiger partial charge in [0, 0.05) is 17.6 Å². The van der Waals surface area contributed by atoms with E-state index >= 15 is 0 Å². The van der Waals surface area contributed by atoms with Crippen LogP contribution in [0.2, 0.25) is 0 Å². The molecule has 1 aliphatic rings. The van der Waals surface area contributed by atoms with Crippen LogP contribution in [0.15, 0.2) is 41.7 Å². The molecule has 1 aromatic heterocycles. The Bertz CT molecular complexity index is 991. The van der Waals surface area contributed by atoms with Crippen LogP contribution in [-0.4, -0.2) is 33.3 Å². The molecule has 1 atom stereocenters. The van der Waals surface area contributed by atoms with Gasteiger partial charge < -0.3 is 14.8 Å². The zero-order chi connectivity index (χ0) is 21.9. The number of aliphatic hydroxyl groups is 1. The molecule has 0 spiro atoms. The number of amides is 1. The number of hydrogen-bond acceptors (Lipinski definition) is 5. The second-order valence-corrected chi connectivity index (χ2v) is 8.44. The summed E-state index contributed by atoms with van der Waals surface area (Å²) in [5.74, 6) is -1.17. The lowest BCUT2D eigenvalue weighted by atomic mass is 9.93. The first-order valence-electron chi connectivity index (χ1n) is 10.2. The van der Waals surface area contributed by atoms with Gasteiger partial charge in [0.15, 0.2) is 5.94 Å². The third-order valence-electron chi connectivity index (χ3n) is 4.83. The van der Waals surface area contributed by atoms with Crippen LogP contribution < -0.4 is 5.48 Å². The molecular weight excluding hydrogens is 384 g/mol. The van der Waals surface area contributed by atoms with Crippen molar-refractivity contribution in [2.24, 2.45) is 0 Å². The predicted molar refractivity (Wildman–Crippen MR) is 114 cm³/mol. The summed E-state index contributed by atoms with van der Waals surface area (Å²) in [6, 6.07) is 9.42. The van der Waals surface area contributed by atoms with E-state index in [-0.39, 0.29) is 23.3 Å². The fraction of sp³-hybridized carbons (Fsp3) is 0.435. The molecular formula is C23H28N2O5. The number of carbonyl (C=O) groups excluding carboxylic acids is 2. The molecule has 1 amide bonds. The molecule has 7 heteroatoms. The quantitative estimate of drug-likeness (QED) is 0.365. The SMILES string of the molecule is CCCCCC1(O)OC(=C=O)C(C(=O)NOC(C)(C)C)=C1c1cc2ccccc2[nH]1. The van der Waals surface area contributed by atoms with Gasteiger partial charge in [-0.2, -0.15) is 0 Å².